The van der Waals surface area contributed by atoms with Gasteiger partial charge in [-0.15, -0.1) is 11.3 Å². The third-order valence-electron chi connectivity index (χ3n) is 6.80. The zero-order valence-corrected chi connectivity index (χ0v) is 20.6. The number of amides is 4. The van der Waals surface area contributed by atoms with Crippen molar-refractivity contribution in [3.05, 3.63) is 77.2 Å². The van der Waals surface area contributed by atoms with Crippen molar-refractivity contribution >= 4 is 40.7 Å². The van der Waals surface area contributed by atoms with Gasteiger partial charge in [-0.3, -0.25) is 9.88 Å². The minimum absolute atomic E-state index is 0.155. The number of likely N-dealkylation sites (tertiary alicyclic amines) is 1. The minimum Gasteiger partial charge on any atom is -0.480 e. The second-order valence-electron chi connectivity index (χ2n) is 9.04. The van der Waals surface area contributed by atoms with Crippen LogP contribution in [0.4, 0.5) is 21.0 Å². The van der Waals surface area contributed by atoms with E-state index in [9.17, 15) is 19.5 Å². The van der Waals surface area contributed by atoms with Gasteiger partial charge in [-0.2, -0.15) is 0 Å². The summed E-state index contributed by atoms with van der Waals surface area (Å²) < 4.78 is 0. The maximum absolute atomic E-state index is 14.0. The first-order valence-electron chi connectivity index (χ1n) is 11.8. The molecule has 10 heteroatoms. The van der Waals surface area contributed by atoms with Crippen molar-refractivity contribution in [3.8, 4) is 0 Å². The molecule has 0 aliphatic carbocycles. The second-order valence-corrected chi connectivity index (χ2v) is 10.0. The van der Waals surface area contributed by atoms with E-state index in [0.29, 0.717) is 30.8 Å². The molecular formula is C26H27N5O4S. The van der Waals surface area contributed by atoms with Gasteiger partial charge >= 0.3 is 18.0 Å². The molecule has 2 fully saturated rings. The molecule has 36 heavy (non-hydrogen) atoms. The van der Waals surface area contributed by atoms with Crippen molar-refractivity contribution in [2.24, 2.45) is 0 Å². The quantitative estimate of drug-likeness (QED) is 0.559. The standard InChI is InChI=1S/C26H27N5O4S/c1-28(16-21-14-27-17-36-21)25(34)31-20-12-13-22(31)23(24(32)33)29(15-20)26(35)30(18-8-4-2-5-9-18)19-10-6-3-7-11-19/h2-11,14,17,20,22-23H,12-13,15-16H2,1H3,(H,32,33)/t20-,22+,23-/m0/s1. The van der Waals surface area contributed by atoms with Crippen LogP contribution in [0, 0.1) is 0 Å². The smallest absolute Gasteiger partial charge is 0.329 e. The number of carbonyl (C=O) groups excluding carboxylic acids is 2. The number of fused-ring (bicyclic) bond motifs is 2. The SMILES string of the molecule is CN(Cc1cncs1)C(=O)N1[C@H]2CC[C@@H]1[C@@H](C(=O)O)N(C(=O)N(c1ccccc1)c1ccccc1)C2. The molecule has 2 aliphatic rings. The predicted octanol–water partition coefficient (Wildman–Crippen LogP) is 4.26. The van der Waals surface area contributed by atoms with E-state index in [2.05, 4.69) is 4.98 Å². The van der Waals surface area contributed by atoms with Crippen LogP contribution < -0.4 is 4.90 Å². The summed E-state index contributed by atoms with van der Waals surface area (Å²) in [6.45, 7) is 0.554. The Morgan fingerprint density at radius 2 is 1.64 bits per heavy atom. The number of benzene rings is 2. The largest absolute Gasteiger partial charge is 0.480 e. The molecule has 0 unspecified atom stereocenters. The van der Waals surface area contributed by atoms with Gasteiger partial charge in [0.05, 0.1) is 35.5 Å². The van der Waals surface area contributed by atoms with Crippen LogP contribution in [0.2, 0.25) is 0 Å². The molecule has 0 saturated carbocycles. The second kappa shape index (κ2) is 9.98. The van der Waals surface area contributed by atoms with Crippen LogP contribution in [-0.2, 0) is 11.3 Å². The Morgan fingerprint density at radius 1 is 1.00 bits per heavy atom. The van der Waals surface area contributed by atoms with Crippen molar-refractivity contribution in [2.75, 3.05) is 18.5 Å². The number of piperazine rings is 1. The van der Waals surface area contributed by atoms with Crippen molar-refractivity contribution in [1.82, 2.24) is 19.7 Å². The molecule has 1 N–H and O–H groups in total. The van der Waals surface area contributed by atoms with Crippen molar-refractivity contribution in [1.29, 1.82) is 0 Å². The highest BCUT2D eigenvalue weighted by Crippen LogP contribution is 2.37. The number of nitrogens with zero attached hydrogens (tertiary/aromatic N) is 5. The highest BCUT2D eigenvalue weighted by atomic mass is 32.1. The number of aliphatic carboxylic acids is 1. The summed E-state index contributed by atoms with van der Waals surface area (Å²) in [6.07, 6.45) is 2.90. The number of carboxylic acid groups (broad SMARTS) is 1. The third-order valence-corrected chi connectivity index (χ3v) is 7.56. The maximum atomic E-state index is 14.0. The van der Waals surface area contributed by atoms with E-state index in [0.717, 1.165) is 4.88 Å². The zero-order chi connectivity index (χ0) is 25.2. The van der Waals surface area contributed by atoms with E-state index in [1.165, 1.54) is 16.2 Å². The fraction of sp³-hybridized carbons (Fsp3) is 0.308. The molecule has 2 aromatic carbocycles. The van der Waals surface area contributed by atoms with E-state index < -0.39 is 24.1 Å². The molecule has 9 nitrogen and oxygen atoms in total. The van der Waals surface area contributed by atoms with Gasteiger partial charge in [0, 0.05) is 24.7 Å². The Kier molecular flexibility index (Phi) is 6.60. The van der Waals surface area contributed by atoms with Crippen LogP contribution in [0.25, 0.3) is 0 Å². The normalized spacial score (nSPS) is 20.8. The minimum atomic E-state index is -1.15. The highest BCUT2D eigenvalue weighted by molar-refractivity contribution is 7.09. The summed E-state index contributed by atoms with van der Waals surface area (Å²) in [6, 6.07) is 15.7. The Morgan fingerprint density at radius 3 is 2.19 bits per heavy atom. The molecule has 2 saturated heterocycles. The summed E-state index contributed by atoms with van der Waals surface area (Å²) in [5.41, 5.74) is 3.01. The van der Waals surface area contributed by atoms with Crippen LogP contribution in [0.15, 0.2) is 72.4 Å². The Hall–Kier alpha value is -3.92. The summed E-state index contributed by atoms with van der Waals surface area (Å²) in [4.78, 5) is 51.3. The first-order valence-corrected chi connectivity index (χ1v) is 12.7. The van der Waals surface area contributed by atoms with Gasteiger partial charge in [0.2, 0.25) is 0 Å². The summed E-state index contributed by atoms with van der Waals surface area (Å²) in [5.74, 6) is -1.11. The van der Waals surface area contributed by atoms with Gasteiger partial charge in [0.15, 0.2) is 6.04 Å². The first-order chi connectivity index (χ1) is 17.5. The number of urea groups is 2. The topological polar surface area (TPSA) is 97.3 Å². The van der Waals surface area contributed by atoms with Crippen LogP contribution in [0.3, 0.4) is 0 Å². The molecule has 0 radical (unpaired) electrons. The van der Waals surface area contributed by atoms with Gasteiger partial charge in [-0.05, 0) is 37.1 Å². The third kappa shape index (κ3) is 4.39. The summed E-state index contributed by atoms with van der Waals surface area (Å²) in [5, 5.41) is 10.3. The lowest BCUT2D eigenvalue weighted by Gasteiger charge is -2.47. The van der Waals surface area contributed by atoms with E-state index in [1.54, 1.807) is 33.5 Å². The average molecular weight is 506 g/mol. The number of carbonyl (C=O) groups is 3. The molecule has 4 amide bonds. The van der Waals surface area contributed by atoms with Gasteiger partial charge in [0.25, 0.3) is 0 Å². The monoisotopic (exact) mass is 505 g/mol. The van der Waals surface area contributed by atoms with Gasteiger partial charge in [-0.1, -0.05) is 36.4 Å². The molecular weight excluding hydrogens is 478 g/mol. The highest BCUT2D eigenvalue weighted by Gasteiger charge is 2.54. The Bertz CT molecular complexity index is 1180. The fourth-order valence-corrected chi connectivity index (χ4v) is 5.86. The molecule has 3 aromatic rings. The van der Waals surface area contributed by atoms with Gasteiger partial charge in [0.1, 0.15) is 0 Å². The lowest BCUT2D eigenvalue weighted by atomic mass is 10.0. The predicted molar refractivity (Wildman–Crippen MR) is 136 cm³/mol. The number of para-hydroxylation sites is 2. The lowest BCUT2D eigenvalue weighted by Crippen LogP contribution is -2.67. The molecule has 3 atom stereocenters. The Labute approximate surface area is 213 Å². The number of aromatic nitrogens is 1. The van der Waals surface area contributed by atoms with E-state index >= 15 is 0 Å². The van der Waals surface area contributed by atoms with Crippen LogP contribution >= 0.6 is 11.3 Å². The Balaban J connectivity index is 1.44. The van der Waals surface area contributed by atoms with Crippen molar-refractivity contribution < 1.29 is 19.5 Å². The van der Waals surface area contributed by atoms with Crippen LogP contribution in [0.5, 0.6) is 0 Å². The number of hydrogen-bond donors (Lipinski definition) is 1. The summed E-state index contributed by atoms with van der Waals surface area (Å²) >= 11 is 1.47. The number of hydrogen-bond acceptors (Lipinski definition) is 5. The van der Waals surface area contributed by atoms with E-state index in [-0.39, 0.29) is 18.6 Å². The number of anilines is 2. The van der Waals surface area contributed by atoms with Crippen LogP contribution in [0.1, 0.15) is 17.7 Å². The van der Waals surface area contributed by atoms with Crippen molar-refractivity contribution in [2.45, 2.75) is 37.5 Å². The van der Waals surface area contributed by atoms with E-state index in [1.807, 2.05) is 60.7 Å². The van der Waals surface area contributed by atoms with Crippen molar-refractivity contribution in [3.63, 3.8) is 0 Å². The van der Waals surface area contributed by atoms with Gasteiger partial charge in [-0.25, -0.2) is 14.4 Å². The average Bonchev–Trinajstić information content (AvgIpc) is 3.50. The fourth-order valence-electron chi connectivity index (χ4n) is 5.21. The number of thiazole rings is 1. The van der Waals surface area contributed by atoms with Crippen LogP contribution in [-0.4, -0.2) is 74.5 Å². The molecule has 186 valence electrons. The number of carboxylic acids is 1. The molecule has 2 aliphatic heterocycles. The summed E-state index contributed by atoms with van der Waals surface area (Å²) in [7, 11) is 1.71. The van der Waals surface area contributed by atoms with Gasteiger partial charge < -0.3 is 19.8 Å². The molecule has 1 aromatic heterocycles. The lowest BCUT2D eigenvalue weighted by molar-refractivity contribution is -0.145. The maximum Gasteiger partial charge on any atom is 0.329 e. The molecule has 5 rings (SSSR count). The molecule has 2 bridgehead atoms. The number of rotatable bonds is 5. The molecule has 3 heterocycles. The first kappa shape index (κ1) is 23.8. The molecule has 0 spiro atoms. The van der Waals surface area contributed by atoms with E-state index in [4.69, 9.17) is 0 Å². The zero-order valence-electron chi connectivity index (χ0n) is 19.8.